The third-order valence-electron chi connectivity index (χ3n) is 7.12. The molecule has 0 aromatic carbocycles. The number of nitrogens with zero attached hydrogens (tertiary/aromatic N) is 4. The Bertz CT molecular complexity index is 819. The van der Waals surface area contributed by atoms with Gasteiger partial charge in [-0.05, 0) is 84.0 Å². The van der Waals surface area contributed by atoms with Gasteiger partial charge in [-0.3, -0.25) is 19.4 Å². The fraction of sp³-hybridized carbons (Fsp3) is 0.704. The van der Waals surface area contributed by atoms with Gasteiger partial charge in [-0.25, -0.2) is 0 Å². The molecule has 1 saturated heterocycles. The second kappa shape index (κ2) is 17.0. The molecule has 2 rings (SSSR count). The number of aromatic nitrogens is 1. The van der Waals surface area contributed by atoms with Crippen LogP contribution in [0.4, 0.5) is 0 Å². The lowest BCUT2D eigenvalue weighted by Crippen LogP contribution is -2.52. The molecule has 1 unspecified atom stereocenters. The molecule has 2 heterocycles. The van der Waals surface area contributed by atoms with E-state index in [0.717, 1.165) is 64.1 Å². The molecule has 0 radical (unpaired) electrons. The number of hydrogen-bond donors (Lipinski definition) is 3. The number of nitrogens with one attached hydrogen (secondary N) is 2. The zero-order valence-electron chi connectivity index (χ0n) is 23.0. The number of carbonyl (C=O) groups is 3. The molecular formula is C27H47N7O3. The number of likely N-dealkylation sites (tertiary alicyclic amines) is 1. The normalized spacial score (nSPS) is 16.6. The average Bonchev–Trinajstić information content (AvgIpc) is 3.30. The van der Waals surface area contributed by atoms with Crippen molar-refractivity contribution >= 4 is 17.7 Å². The van der Waals surface area contributed by atoms with E-state index in [1.165, 1.54) is 4.90 Å². The number of amides is 3. The predicted octanol–water partition coefficient (Wildman–Crippen LogP) is 0.619. The van der Waals surface area contributed by atoms with Gasteiger partial charge in [0.1, 0.15) is 6.04 Å². The first-order chi connectivity index (χ1) is 17.8. The summed E-state index contributed by atoms with van der Waals surface area (Å²) in [5.74, 6) is -1.07. The van der Waals surface area contributed by atoms with E-state index >= 15 is 0 Å². The molecule has 1 aromatic rings. The van der Waals surface area contributed by atoms with E-state index in [-0.39, 0.29) is 24.9 Å². The van der Waals surface area contributed by atoms with Crippen molar-refractivity contribution < 1.29 is 14.4 Å². The standard InChI is InChI=1S/C27H47N7O3/c1-4-33(5-2)18-9-15-29-20-26(36)31-24(13-12-23-11-8-17-32(23)3)27(37)34(21-25(28)35)19-14-22-10-6-7-16-30-22/h6-7,10,16,23-24,29H,4-5,8-9,11-15,17-21H2,1-3H3,(H2,28,35)(H,31,36)/t23-,24?/m0/s1. The third-order valence-corrected chi connectivity index (χ3v) is 7.12. The zero-order chi connectivity index (χ0) is 27.0. The maximum Gasteiger partial charge on any atom is 0.245 e. The van der Waals surface area contributed by atoms with Gasteiger partial charge in [0.15, 0.2) is 0 Å². The Hall–Kier alpha value is -2.56. The fourth-order valence-corrected chi connectivity index (χ4v) is 4.85. The van der Waals surface area contributed by atoms with Crippen molar-refractivity contribution in [2.75, 3.05) is 59.4 Å². The first-order valence-corrected chi connectivity index (χ1v) is 13.7. The van der Waals surface area contributed by atoms with Gasteiger partial charge in [-0.2, -0.15) is 0 Å². The molecule has 10 heteroatoms. The van der Waals surface area contributed by atoms with Gasteiger partial charge in [0, 0.05) is 30.9 Å². The minimum absolute atomic E-state index is 0.148. The van der Waals surface area contributed by atoms with Crippen molar-refractivity contribution in [1.29, 1.82) is 0 Å². The average molecular weight is 518 g/mol. The largest absolute Gasteiger partial charge is 0.368 e. The highest BCUT2D eigenvalue weighted by Crippen LogP contribution is 2.20. The smallest absolute Gasteiger partial charge is 0.245 e. The van der Waals surface area contributed by atoms with Gasteiger partial charge in [0.2, 0.25) is 17.7 Å². The summed E-state index contributed by atoms with van der Waals surface area (Å²) >= 11 is 0. The molecule has 0 aliphatic carbocycles. The molecular weight excluding hydrogens is 470 g/mol. The van der Waals surface area contributed by atoms with Crippen molar-refractivity contribution in [3.8, 4) is 0 Å². The van der Waals surface area contributed by atoms with Crippen LogP contribution in [0.5, 0.6) is 0 Å². The molecule has 4 N–H and O–H groups in total. The maximum atomic E-state index is 13.6. The second-order valence-corrected chi connectivity index (χ2v) is 9.83. The third kappa shape index (κ3) is 11.6. The van der Waals surface area contributed by atoms with Crippen LogP contribution in [0.25, 0.3) is 0 Å². The summed E-state index contributed by atoms with van der Waals surface area (Å²) in [4.78, 5) is 48.6. The number of carbonyl (C=O) groups excluding carboxylic acids is 3. The van der Waals surface area contributed by atoms with Crippen molar-refractivity contribution in [3.63, 3.8) is 0 Å². The van der Waals surface area contributed by atoms with Crippen molar-refractivity contribution in [3.05, 3.63) is 30.1 Å². The lowest BCUT2D eigenvalue weighted by molar-refractivity contribution is -0.139. The molecule has 0 saturated carbocycles. The minimum Gasteiger partial charge on any atom is -0.368 e. The molecule has 3 amide bonds. The lowest BCUT2D eigenvalue weighted by Gasteiger charge is -2.28. The Morgan fingerprint density at radius 2 is 2.00 bits per heavy atom. The van der Waals surface area contributed by atoms with E-state index < -0.39 is 11.9 Å². The summed E-state index contributed by atoms with van der Waals surface area (Å²) in [6.07, 6.45) is 6.69. The van der Waals surface area contributed by atoms with E-state index in [2.05, 4.69) is 46.3 Å². The Kier molecular flexibility index (Phi) is 14.1. The monoisotopic (exact) mass is 517 g/mol. The molecule has 1 fully saturated rings. The van der Waals surface area contributed by atoms with Gasteiger partial charge in [-0.15, -0.1) is 0 Å². The van der Waals surface area contributed by atoms with Gasteiger partial charge < -0.3 is 31.1 Å². The molecule has 10 nitrogen and oxygen atoms in total. The van der Waals surface area contributed by atoms with E-state index in [4.69, 9.17) is 5.73 Å². The summed E-state index contributed by atoms with van der Waals surface area (Å²) in [5, 5.41) is 6.13. The van der Waals surface area contributed by atoms with E-state index in [1.807, 2.05) is 18.2 Å². The van der Waals surface area contributed by atoms with Gasteiger partial charge in [0.05, 0.1) is 13.1 Å². The highest BCUT2D eigenvalue weighted by Gasteiger charge is 2.29. The van der Waals surface area contributed by atoms with E-state index in [1.54, 1.807) is 6.20 Å². The zero-order valence-corrected chi connectivity index (χ0v) is 23.0. The van der Waals surface area contributed by atoms with Crippen molar-refractivity contribution in [1.82, 2.24) is 30.3 Å². The Morgan fingerprint density at radius 1 is 1.22 bits per heavy atom. The first-order valence-electron chi connectivity index (χ1n) is 13.7. The SMILES string of the molecule is CCN(CC)CCCNCC(=O)NC(CC[C@@H]1CCCN1C)C(=O)N(CCc1ccccn1)CC(N)=O. The van der Waals surface area contributed by atoms with E-state index in [0.29, 0.717) is 25.4 Å². The predicted molar refractivity (Wildman–Crippen MR) is 146 cm³/mol. The quantitative estimate of drug-likeness (QED) is 0.244. The van der Waals surface area contributed by atoms with Crippen LogP contribution in [0, 0.1) is 0 Å². The van der Waals surface area contributed by atoms with E-state index in [9.17, 15) is 14.4 Å². The van der Waals surface area contributed by atoms with Crippen LogP contribution in [0.15, 0.2) is 24.4 Å². The second-order valence-electron chi connectivity index (χ2n) is 9.83. The molecule has 0 spiro atoms. The molecule has 0 bridgehead atoms. The summed E-state index contributed by atoms with van der Waals surface area (Å²) in [7, 11) is 2.10. The number of rotatable bonds is 18. The van der Waals surface area contributed by atoms with Crippen LogP contribution in [0.3, 0.4) is 0 Å². The molecule has 208 valence electrons. The van der Waals surface area contributed by atoms with Crippen molar-refractivity contribution in [2.45, 2.75) is 64.5 Å². The molecule has 1 aromatic heterocycles. The van der Waals surface area contributed by atoms with Crippen LogP contribution in [-0.2, 0) is 20.8 Å². The Balaban J connectivity index is 1.98. The number of hydrogen-bond acceptors (Lipinski definition) is 7. The highest BCUT2D eigenvalue weighted by atomic mass is 16.2. The summed E-state index contributed by atoms with van der Waals surface area (Å²) in [6.45, 7) is 9.33. The summed E-state index contributed by atoms with van der Waals surface area (Å²) in [6, 6.07) is 5.29. The number of primary amides is 1. The van der Waals surface area contributed by atoms with Crippen LogP contribution in [0.1, 0.15) is 51.6 Å². The van der Waals surface area contributed by atoms with Crippen LogP contribution < -0.4 is 16.4 Å². The van der Waals surface area contributed by atoms with Gasteiger partial charge in [0.25, 0.3) is 0 Å². The summed E-state index contributed by atoms with van der Waals surface area (Å²) in [5.41, 5.74) is 6.30. The highest BCUT2D eigenvalue weighted by molar-refractivity contribution is 5.90. The van der Waals surface area contributed by atoms with Crippen LogP contribution in [-0.4, -0.2) is 109 Å². The van der Waals surface area contributed by atoms with Gasteiger partial charge in [-0.1, -0.05) is 19.9 Å². The minimum atomic E-state index is -0.706. The maximum absolute atomic E-state index is 13.6. The summed E-state index contributed by atoms with van der Waals surface area (Å²) < 4.78 is 0. The number of pyridine rings is 1. The topological polar surface area (TPSA) is 124 Å². The molecule has 1 aliphatic heterocycles. The van der Waals surface area contributed by atoms with Crippen LogP contribution in [0.2, 0.25) is 0 Å². The molecule has 2 atom stereocenters. The van der Waals surface area contributed by atoms with Crippen molar-refractivity contribution in [2.24, 2.45) is 5.73 Å². The lowest BCUT2D eigenvalue weighted by atomic mass is 10.0. The number of nitrogens with two attached hydrogens (primary N) is 1. The molecule has 1 aliphatic rings. The Labute approximate surface area is 222 Å². The first kappa shape index (κ1) is 30.7. The fourth-order valence-electron chi connectivity index (χ4n) is 4.85. The molecule has 37 heavy (non-hydrogen) atoms. The van der Waals surface area contributed by atoms with Crippen LogP contribution >= 0.6 is 0 Å². The Morgan fingerprint density at radius 3 is 2.62 bits per heavy atom. The van der Waals surface area contributed by atoms with Gasteiger partial charge >= 0.3 is 0 Å².